The van der Waals surface area contributed by atoms with E-state index >= 15 is 0 Å². The van der Waals surface area contributed by atoms with Gasteiger partial charge in [-0.1, -0.05) is 0 Å². The van der Waals surface area contributed by atoms with Crippen molar-refractivity contribution in [1.82, 2.24) is 10.3 Å². The first-order valence-corrected chi connectivity index (χ1v) is 6.66. The number of amides is 1. The first-order chi connectivity index (χ1) is 10.5. The lowest BCUT2D eigenvalue weighted by Gasteiger charge is -2.07. The number of aromatic nitrogens is 1. The Morgan fingerprint density at radius 3 is 2.50 bits per heavy atom. The zero-order valence-electron chi connectivity index (χ0n) is 12.3. The molecule has 0 unspecified atom stereocenters. The van der Waals surface area contributed by atoms with Gasteiger partial charge in [-0.05, 0) is 31.2 Å². The molecule has 1 aromatic carbocycles. The Labute approximate surface area is 126 Å². The number of rotatable bonds is 6. The summed E-state index contributed by atoms with van der Waals surface area (Å²) in [7, 11) is 0. The lowest BCUT2D eigenvalue weighted by molar-refractivity contribution is 0.0696. The second-order valence-electron chi connectivity index (χ2n) is 4.58. The highest BCUT2D eigenvalue weighted by atomic mass is 16.5. The normalized spacial score (nSPS) is 10.3. The molecule has 1 amide bonds. The van der Waals surface area contributed by atoms with E-state index in [0.29, 0.717) is 23.9 Å². The Hall–Kier alpha value is -2.83. The molecule has 1 aromatic heterocycles. The average molecular weight is 304 g/mol. The summed E-state index contributed by atoms with van der Waals surface area (Å²) in [5.74, 6) is -0.161. The van der Waals surface area contributed by atoms with Crippen molar-refractivity contribution in [2.45, 2.75) is 13.8 Å². The Bertz CT molecular complexity index is 676. The van der Waals surface area contributed by atoms with Gasteiger partial charge in [0.05, 0.1) is 17.8 Å². The van der Waals surface area contributed by atoms with Crippen LogP contribution in [0.15, 0.2) is 28.7 Å². The fourth-order valence-corrected chi connectivity index (χ4v) is 1.85. The predicted molar refractivity (Wildman–Crippen MR) is 77.2 cm³/mol. The number of carbonyl (C=O) groups is 2. The van der Waals surface area contributed by atoms with Crippen molar-refractivity contribution >= 4 is 11.9 Å². The summed E-state index contributed by atoms with van der Waals surface area (Å²) >= 11 is 0. The van der Waals surface area contributed by atoms with E-state index in [1.54, 1.807) is 26.0 Å². The summed E-state index contributed by atoms with van der Waals surface area (Å²) in [6, 6.07) is 6.04. The van der Waals surface area contributed by atoms with Crippen LogP contribution in [-0.2, 0) is 0 Å². The fraction of sp³-hybridized carbons (Fsp3) is 0.267. The molecule has 2 aromatic rings. The molecule has 2 N–H and O–H groups in total. The molecule has 0 saturated carbocycles. The zero-order chi connectivity index (χ0) is 16.1. The van der Waals surface area contributed by atoms with Crippen molar-refractivity contribution in [2.75, 3.05) is 13.2 Å². The van der Waals surface area contributed by atoms with Gasteiger partial charge < -0.3 is 19.6 Å². The molecular weight excluding hydrogens is 288 g/mol. The van der Waals surface area contributed by atoms with Crippen molar-refractivity contribution in [3.63, 3.8) is 0 Å². The van der Waals surface area contributed by atoms with Gasteiger partial charge in [-0.2, -0.15) is 0 Å². The quantitative estimate of drug-likeness (QED) is 0.789. The molecule has 0 fully saturated rings. The molecule has 22 heavy (non-hydrogen) atoms. The first kappa shape index (κ1) is 15.6. The lowest BCUT2D eigenvalue weighted by atomic mass is 10.2. The minimum Gasteiger partial charge on any atom is -0.492 e. The van der Waals surface area contributed by atoms with Crippen LogP contribution in [0.2, 0.25) is 0 Å². The number of carboxylic acid groups (broad SMARTS) is 1. The van der Waals surface area contributed by atoms with E-state index < -0.39 is 5.97 Å². The van der Waals surface area contributed by atoms with Crippen molar-refractivity contribution < 1.29 is 23.8 Å². The van der Waals surface area contributed by atoms with Crippen LogP contribution in [-0.4, -0.2) is 35.1 Å². The smallest absolute Gasteiger partial charge is 0.335 e. The minimum atomic E-state index is -0.989. The molecule has 0 saturated heterocycles. The number of aromatic carboxylic acids is 1. The largest absolute Gasteiger partial charge is 0.492 e. The van der Waals surface area contributed by atoms with Crippen LogP contribution < -0.4 is 10.1 Å². The Morgan fingerprint density at radius 1 is 1.27 bits per heavy atom. The lowest BCUT2D eigenvalue weighted by Crippen LogP contribution is -2.28. The SMILES string of the molecule is Cc1nc(C)c(C(=O)NCCOc2ccc(C(=O)O)cc2)o1. The van der Waals surface area contributed by atoms with Crippen molar-refractivity contribution in [2.24, 2.45) is 0 Å². The maximum atomic E-state index is 11.8. The topological polar surface area (TPSA) is 102 Å². The van der Waals surface area contributed by atoms with Crippen LogP contribution in [0.4, 0.5) is 0 Å². The maximum Gasteiger partial charge on any atom is 0.335 e. The molecule has 116 valence electrons. The molecular formula is C15H16N2O5. The van der Waals surface area contributed by atoms with E-state index in [9.17, 15) is 9.59 Å². The number of aryl methyl sites for hydroxylation is 2. The Balaban J connectivity index is 1.78. The van der Waals surface area contributed by atoms with E-state index in [1.165, 1.54) is 12.1 Å². The Kier molecular flexibility index (Phi) is 4.77. The third kappa shape index (κ3) is 3.85. The number of benzene rings is 1. The number of carbonyl (C=O) groups excluding carboxylic acids is 1. The zero-order valence-corrected chi connectivity index (χ0v) is 12.3. The fourth-order valence-electron chi connectivity index (χ4n) is 1.85. The summed E-state index contributed by atoms with van der Waals surface area (Å²) < 4.78 is 10.6. The van der Waals surface area contributed by atoms with E-state index in [4.69, 9.17) is 14.3 Å². The number of ether oxygens (including phenoxy) is 1. The van der Waals surface area contributed by atoms with Gasteiger partial charge in [-0.15, -0.1) is 0 Å². The number of oxazole rings is 1. The van der Waals surface area contributed by atoms with Gasteiger partial charge in [0.2, 0.25) is 5.76 Å². The summed E-state index contributed by atoms with van der Waals surface area (Å²) in [5, 5.41) is 11.4. The van der Waals surface area contributed by atoms with Gasteiger partial charge in [0.1, 0.15) is 12.4 Å². The van der Waals surface area contributed by atoms with Gasteiger partial charge in [0.25, 0.3) is 5.91 Å². The van der Waals surface area contributed by atoms with Gasteiger partial charge in [0, 0.05) is 6.92 Å². The highest BCUT2D eigenvalue weighted by Crippen LogP contribution is 2.12. The van der Waals surface area contributed by atoms with Gasteiger partial charge in [-0.3, -0.25) is 4.79 Å². The van der Waals surface area contributed by atoms with Crippen LogP contribution in [0.3, 0.4) is 0 Å². The third-order valence-electron chi connectivity index (χ3n) is 2.87. The maximum absolute atomic E-state index is 11.8. The molecule has 0 bridgehead atoms. The molecule has 1 heterocycles. The molecule has 0 aliphatic carbocycles. The van der Waals surface area contributed by atoms with Crippen LogP contribution in [0.5, 0.6) is 5.75 Å². The molecule has 0 spiro atoms. The monoisotopic (exact) mass is 304 g/mol. The van der Waals surface area contributed by atoms with E-state index in [2.05, 4.69) is 10.3 Å². The van der Waals surface area contributed by atoms with Crippen LogP contribution in [0.25, 0.3) is 0 Å². The van der Waals surface area contributed by atoms with Gasteiger partial charge in [0.15, 0.2) is 5.89 Å². The highest BCUT2D eigenvalue weighted by Gasteiger charge is 2.15. The van der Waals surface area contributed by atoms with Gasteiger partial charge >= 0.3 is 5.97 Å². The summed E-state index contributed by atoms with van der Waals surface area (Å²) in [5.41, 5.74) is 0.733. The highest BCUT2D eigenvalue weighted by molar-refractivity contribution is 5.92. The van der Waals surface area contributed by atoms with E-state index in [1.807, 2.05) is 0 Å². The standard InChI is InChI=1S/C15H16N2O5/c1-9-13(22-10(2)17-9)14(18)16-7-8-21-12-5-3-11(4-6-12)15(19)20/h3-6H,7-8H2,1-2H3,(H,16,18)(H,19,20). The molecule has 7 heteroatoms. The number of nitrogens with zero attached hydrogens (tertiary/aromatic N) is 1. The molecule has 0 atom stereocenters. The van der Waals surface area contributed by atoms with Crippen molar-refractivity contribution in [3.8, 4) is 5.75 Å². The van der Waals surface area contributed by atoms with E-state index in [0.717, 1.165) is 0 Å². The van der Waals surface area contributed by atoms with Crippen molar-refractivity contribution in [1.29, 1.82) is 0 Å². The van der Waals surface area contributed by atoms with Crippen LogP contribution in [0, 0.1) is 13.8 Å². The third-order valence-corrected chi connectivity index (χ3v) is 2.87. The molecule has 0 aliphatic rings. The van der Waals surface area contributed by atoms with Crippen molar-refractivity contribution in [3.05, 3.63) is 47.2 Å². The van der Waals surface area contributed by atoms with Gasteiger partial charge in [-0.25, -0.2) is 9.78 Å². The van der Waals surface area contributed by atoms with Crippen LogP contribution >= 0.6 is 0 Å². The Morgan fingerprint density at radius 2 is 1.95 bits per heavy atom. The molecule has 2 rings (SSSR count). The molecule has 0 aliphatic heterocycles. The number of hydrogen-bond donors (Lipinski definition) is 2. The number of carboxylic acids is 1. The summed E-state index contributed by atoms with van der Waals surface area (Å²) in [4.78, 5) is 26.6. The average Bonchev–Trinajstić information content (AvgIpc) is 2.82. The summed E-state index contributed by atoms with van der Waals surface area (Å²) in [6.07, 6.45) is 0. The molecule has 7 nitrogen and oxygen atoms in total. The number of hydrogen-bond acceptors (Lipinski definition) is 5. The predicted octanol–water partition coefficient (Wildman–Crippen LogP) is 1.80. The van der Waals surface area contributed by atoms with E-state index in [-0.39, 0.29) is 23.8 Å². The second kappa shape index (κ2) is 6.75. The summed E-state index contributed by atoms with van der Waals surface area (Å²) in [6.45, 7) is 3.92. The second-order valence-corrected chi connectivity index (χ2v) is 4.58. The number of nitrogens with one attached hydrogen (secondary N) is 1. The van der Waals surface area contributed by atoms with Crippen LogP contribution in [0.1, 0.15) is 32.5 Å². The molecule has 0 radical (unpaired) electrons. The first-order valence-electron chi connectivity index (χ1n) is 6.66. The minimum absolute atomic E-state index is 0.191.